The summed E-state index contributed by atoms with van der Waals surface area (Å²) in [6.45, 7) is 6.44. The number of unbranched alkanes of at least 4 members (excludes halogenated alkanes) is 27. The van der Waals surface area contributed by atoms with Crippen molar-refractivity contribution in [2.24, 2.45) is 0 Å². The van der Waals surface area contributed by atoms with Gasteiger partial charge >= 0.3 is 5.97 Å². The Morgan fingerprint density at radius 2 is 0.879 bits per heavy atom. The summed E-state index contributed by atoms with van der Waals surface area (Å²) in [5, 5.41) is 23.6. The number of amides is 1. The standard InChI is InChI=1S/C52H97NO5/c1-4-7-10-13-16-19-21-23-24-25-26-28-29-32-34-37-40-43-48(58-52(57)45-42-39-36-33-30-27-22-20-17-14-11-8-5-2)46-51(56)53-49(47-54)50(55)44-41-38-35-31-18-15-12-9-6-3/h23-24,27,30,36,39,48-50,54-55H,4-22,25-26,28-29,31-35,37-38,40-47H2,1-3H3,(H,53,56)/b24-23+,30-27-,39-36+. The Morgan fingerprint density at radius 1 is 0.500 bits per heavy atom. The lowest BCUT2D eigenvalue weighted by molar-refractivity contribution is -0.150. The number of ether oxygens (including phenoxy) is 1. The largest absolute Gasteiger partial charge is 0.462 e. The van der Waals surface area contributed by atoms with Crippen LogP contribution in [0.2, 0.25) is 0 Å². The molecule has 0 saturated carbocycles. The van der Waals surface area contributed by atoms with Crippen LogP contribution < -0.4 is 5.32 Å². The molecule has 3 atom stereocenters. The Morgan fingerprint density at radius 3 is 1.33 bits per heavy atom. The van der Waals surface area contributed by atoms with Gasteiger partial charge in [-0.2, -0.15) is 0 Å². The number of allylic oxidation sites excluding steroid dienone is 6. The normalized spacial score (nSPS) is 13.5. The number of rotatable bonds is 45. The first-order chi connectivity index (χ1) is 28.5. The van der Waals surface area contributed by atoms with Crippen LogP contribution >= 0.6 is 0 Å². The van der Waals surface area contributed by atoms with Gasteiger partial charge in [0.1, 0.15) is 6.10 Å². The number of nitrogens with one attached hydrogen (secondary N) is 1. The van der Waals surface area contributed by atoms with Gasteiger partial charge in [0.2, 0.25) is 5.91 Å². The third-order valence-corrected chi connectivity index (χ3v) is 11.5. The van der Waals surface area contributed by atoms with Crippen molar-refractivity contribution >= 4 is 11.9 Å². The Labute approximate surface area is 360 Å². The van der Waals surface area contributed by atoms with Gasteiger partial charge in [0.05, 0.1) is 25.2 Å². The third kappa shape index (κ3) is 40.8. The van der Waals surface area contributed by atoms with E-state index in [1.807, 2.05) is 6.08 Å². The first-order valence-electron chi connectivity index (χ1n) is 25.2. The van der Waals surface area contributed by atoms with Crippen molar-refractivity contribution in [2.75, 3.05) is 6.61 Å². The molecule has 0 radical (unpaired) electrons. The molecule has 6 nitrogen and oxygen atoms in total. The van der Waals surface area contributed by atoms with E-state index in [0.29, 0.717) is 25.7 Å². The Hall–Kier alpha value is -1.92. The summed E-state index contributed by atoms with van der Waals surface area (Å²) in [7, 11) is 0. The molecule has 0 aliphatic rings. The van der Waals surface area contributed by atoms with Gasteiger partial charge in [-0.05, 0) is 70.6 Å². The van der Waals surface area contributed by atoms with Crippen molar-refractivity contribution in [3.63, 3.8) is 0 Å². The summed E-state index contributed by atoms with van der Waals surface area (Å²) < 4.78 is 5.89. The van der Waals surface area contributed by atoms with Crippen LogP contribution in [0.15, 0.2) is 36.5 Å². The van der Waals surface area contributed by atoms with Crippen molar-refractivity contribution in [3.05, 3.63) is 36.5 Å². The minimum Gasteiger partial charge on any atom is -0.462 e. The molecule has 0 aromatic rings. The van der Waals surface area contributed by atoms with Gasteiger partial charge in [0, 0.05) is 6.42 Å². The van der Waals surface area contributed by atoms with Gasteiger partial charge in [-0.3, -0.25) is 9.59 Å². The van der Waals surface area contributed by atoms with Crippen molar-refractivity contribution in [1.29, 1.82) is 0 Å². The average Bonchev–Trinajstić information content (AvgIpc) is 3.22. The van der Waals surface area contributed by atoms with Crippen LogP contribution in [0, 0.1) is 0 Å². The van der Waals surface area contributed by atoms with Gasteiger partial charge in [-0.1, -0.05) is 211 Å². The molecule has 0 aromatic heterocycles. The third-order valence-electron chi connectivity index (χ3n) is 11.5. The van der Waals surface area contributed by atoms with Gasteiger partial charge < -0.3 is 20.3 Å². The summed E-state index contributed by atoms with van der Waals surface area (Å²) in [6, 6.07) is -0.710. The number of aliphatic hydroxyl groups is 2. The second-order valence-electron chi connectivity index (χ2n) is 17.2. The van der Waals surface area contributed by atoms with Gasteiger partial charge in [-0.25, -0.2) is 0 Å². The minimum atomic E-state index is -0.794. The van der Waals surface area contributed by atoms with Gasteiger partial charge in [0.15, 0.2) is 0 Å². The molecule has 6 heteroatoms. The van der Waals surface area contributed by atoms with Crippen molar-refractivity contribution < 1.29 is 24.5 Å². The van der Waals surface area contributed by atoms with E-state index in [-0.39, 0.29) is 24.9 Å². The average molecular weight is 816 g/mol. The summed E-state index contributed by atoms with van der Waals surface area (Å²) in [5.74, 6) is -0.553. The molecule has 0 aromatic carbocycles. The van der Waals surface area contributed by atoms with Crippen LogP contribution in [0.3, 0.4) is 0 Å². The summed E-state index contributed by atoms with van der Waals surface area (Å²) >= 11 is 0. The second-order valence-corrected chi connectivity index (χ2v) is 17.2. The van der Waals surface area contributed by atoms with Crippen molar-refractivity contribution in [2.45, 2.75) is 277 Å². The van der Waals surface area contributed by atoms with E-state index in [2.05, 4.69) is 56.5 Å². The lowest BCUT2D eigenvalue weighted by atomic mass is 10.0. The highest BCUT2D eigenvalue weighted by Crippen LogP contribution is 2.17. The summed E-state index contributed by atoms with van der Waals surface area (Å²) in [5.41, 5.74) is 0. The number of carbonyl (C=O) groups is 2. The molecular weight excluding hydrogens is 719 g/mol. The molecule has 0 heterocycles. The first-order valence-corrected chi connectivity index (χ1v) is 25.2. The van der Waals surface area contributed by atoms with E-state index in [1.54, 1.807) is 0 Å². The highest BCUT2D eigenvalue weighted by molar-refractivity contribution is 5.77. The molecule has 0 fully saturated rings. The molecule has 1 amide bonds. The van der Waals surface area contributed by atoms with Gasteiger partial charge in [-0.15, -0.1) is 0 Å². The SMILES string of the molecule is CCCCCCCC/C=C\C/C=C/CCC(=O)OC(CCCCCCCCC/C=C/CCCCCCCC)CC(=O)NC(CO)C(O)CCCCCCCCCCC. The smallest absolute Gasteiger partial charge is 0.306 e. The molecule has 58 heavy (non-hydrogen) atoms. The first kappa shape index (κ1) is 56.1. The van der Waals surface area contributed by atoms with E-state index in [4.69, 9.17) is 4.74 Å². The maximum absolute atomic E-state index is 13.2. The van der Waals surface area contributed by atoms with E-state index in [0.717, 1.165) is 51.4 Å². The predicted octanol–water partition coefficient (Wildman–Crippen LogP) is 14.9. The second kappa shape index (κ2) is 46.2. The fourth-order valence-electron chi connectivity index (χ4n) is 7.60. The van der Waals surface area contributed by atoms with Crippen LogP contribution in [0.4, 0.5) is 0 Å². The monoisotopic (exact) mass is 816 g/mol. The molecule has 340 valence electrons. The number of hydrogen-bond acceptors (Lipinski definition) is 5. The fraction of sp³-hybridized carbons (Fsp3) is 0.846. The lowest BCUT2D eigenvalue weighted by Crippen LogP contribution is -2.46. The van der Waals surface area contributed by atoms with Crippen LogP contribution in [0.1, 0.15) is 258 Å². The maximum Gasteiger partial charge on any atom is 0.306 e. The van der Waals surface area contributed by atoms with Crippen LogP contribution in [-0.2, 0) is 14.3 Å². The zero-order chi connectivity index (χ0) is 42.4. The highest BCUT2D eigenvalue weighted by Gasteiger charge is 2.24. The Bertz CT molecular complexity index is 961. The van der Waals surface area contributed by atoms with Crippen LogP contribution in [0.5, 0.6) is 0 Å². The van der Waals surface area contributed by atoms with E-state index in [1.165, 1.54) is 154 Å². The molecule has 0 bridgehead atoms. The molecule has 0 saturated heterocycles. The molecule has 0 spiro atoms. The number of hydrogen-bond donors (Lipinski definition) is 3. The predicted molar refractivity (Wildman–Crippen MR) is 250 cm³/mol. The topological polar surface area (TPSA) is 95.9 Å². The van der Waals surface area contributed by atoms with E-state index < -0.39 is 18.2 Å². The number of esters is 1. The Kier molecular flexibility index (Phi) is 44.6. The highest BCUT2D eigenvalue weighted by atomic mass is 16.5. The molecule has 0 aliphatic carbocycles. The molecule has 0 rings (SSSR count). The number of carbonyl (C=O) groups excluding carboxylic acids is 2. The van der Waals surface area contributed by atoms with Crippen LogP contribution in [0.25, 0.3) is 0 Å². The minimum absolute atomic E-state index is 0.0542. The summed E-state index contributed by atoms with van der Waals surface area (Å²) in [6.07, 6.45) is 53.6. The molecule has 0 aliphatic heterocycles. The zero-order valence-corrected chi connectivity index (χ0v) is 38.7. The molecule has 3 N–H and O–H groups in total. The molecular formula is C52H97NO5. The lowest BCUT2D eigenvalue weighted by Gasteiger charge is -2.24. The maximum atomic E-state index is 13.2. The summed E-state index contributed by atoms with van der Waals surface area (Å²) in [4.78, 5) is 26.0. The van der Waals surface area contributed by atoms with E-state index >= 15 is 0 Å². The fourth-order valence-corrected chi connectivity index (χ4v) is 7.60. The number of aliphatic hydroxyl groups excluding tert-OH is 2. The van der Waals surface area contributed by atoms with Crippen LogP contribution in [-0.4, -0.2) is 46.9 Å². The Balaban J connectivity index is 4.64. The van der Waals surface area contributed by atoms with E-state index in [9.17, 15) is 19.8 Å². The quantitative estimate of drug-likeness (QED) is 0.0323. The molecule has 3 unspecified atom stereocenters. The van der Waals surface area contributed by atoms with Crippen molar-refractivity contribution in [3.8, 4) is 0 Å². The zero-order valence-electron chi connectivity index (χ0n) is 38.7. The van der Waals surface area contributed by atoms with Gasteiger partial charge in [0.25, 0.3) is 0 Å². The van der Waals surface area contributed by atoms with Crippen molar-refractivity contribution in [1.82, 2.24) is 5.32 Å².